The Hall–Kier alpha value is -3.68. The largest absolute Gasteiger partial charge is 0.454 e. The lowest BCUT2D eigenvalue weighted by molar-refractivity contribution is -0.148. The number of nitrogens with one attached hydrogen (secondary N) is 1. The zero-order chi connectivity index (χ0) is 20.1. The van der Waals surface area contributed by atoms with Crippen LogP contribution in [-0.2, 0) is 20.9 Å². The van der Waals surface area contributed by atoms with Gasteiger partial charge in [-0.1, -0.05) is 36.4 Å². The fourth-order valence-corrected chi connectivity index (χ4v) is 2.60. The topological polar surface area (TPSA) is 103 Å². The first-order valence-electron chi connectivity index (χ1n) is 8.59. The van der Waals surface area contributed by atoms with Gasteiger partial charge in [0, 0.05) is 11.3 Å². The highest BCUT2D eigenvalue weighted by molar-refractivity contribution is 5.94. The Labute approximate surface area is 160 Å². The maximum Gasteiger partial charge on any atom is 0.437 e. The highest BCUT2D eigenvalue weighted by Gasteiger charge is 2.15. The van der Waals surface area contributed by atoms with Crippen molar-refractivity contribution in [2.75, 3.05) is 11.9 Å². The Bertz CT molecular complexity index is 1030. The van der Waals surface area contributed by atoms with Crippen molar-refractivity contribution in [1.29, 1.82) is 0 Å². The number of aryl methyl sites for hydroxylation is 2. The lowest BCUT2D eigenvalue weighted by atomic mass is 10.1. The van der Waals surface area contributed by atoms with E-state index in [9.17, 15) is 14.4 Å². The van der Waals surface area contributed by atoms with Crippen LogP contribution in [0.1, 0.15) is 11.1 Å². The Kier molecular flexibility index (Phi) is 5.69. The fourth-order valence-electron chi connectivity index (χ4n) is 2.60. The molecule has 144 valence electrons. The molecule has 28 heavy (non-hydrogen) atoms. The molecule has 0 radical (unpaired) electrons. The Morgan fingerprint density at radius 1 is 1.07 bits per heavy atom. The highest BCUT2D eigenvalue weighted by Crippen LogP contribution is 2.19. The van der Waals surface area contributed by atoms with Gasteiger partial charge in [0.15, 0.2) is 6.61 Å². The molecule has 3 rings (SSSR count). The van der Waals surface area contributed by atoms with Gasteiger partial charge in [0.25, 0.3) is 5.91 Å². The number of hydrogen-bond donors (Lipinski definition) is 1. The standard InChI is InChI=1S/C20H19N3O5/c1-13-7-6-8-14(2)18(13)21-16(24)12-27-17(25)11-23-20(26)28-19(22-23)15-9-4-3-5-10-15/h3-10H,11-12H2,1-2H3,(H,21,24). The summed E-state index contributed by atoms with van der Waals surface area (Å²) in [5.41, 5.74) is 3.10. The first-order valence-corrected chi connectivity index (χ1v) is 8.59. The number of esters is 1. The minimum Gasteiger partial charge on any atom is -0.454 e. The summed E-state index contributed by atoms with van der Waals surface area (Å²) in [6.45, 7) is 2.82. The number of anilines is 1. The van der Waals surface area contributed by atoms with Gasteiger partial charge in [-0.25, -0.2) is 4.79 Å². The van der Waals surface area contributed by atoms with Gasteiger partial charge >= 0.3 is 11.7 Å². The summed E-state index contributed by atoms with van der Waals surface area (Å²) in [5, 5.41) is 6.69. The van der Waals surface area contributed by atoms with Crippen LogP contribution in [0, 0.1) is 13.8 Å². The van der Waals surface area contributed by atoms with E-state index in [1.807, 2.05) is 38.1 Å². The highest BCUT2D eigenvalue weighted by atomic mass is 16.5. The van der Waals surface area contributed by atoms with E-state index in [0.29, 0.717) is 11.3 Å². The van der Waals surface area contributed by atoms with Gasteiger partial charge in [-0.15, -0.1) is 5.10 Å². The number of carbonyl (C=O) groups is 2. The normalized spacial score (nSPS) is 10.5. The molecule has 1 heterocycles. The van der Waals surface area contributed by atoms with Gasteiger partial charge in [-0.2, -0.15) is 4.68 Å². The first kappa shape index (κ1) is 19.1. The summed E-state index contributed by atoms with van der Waals surface area (Å²) >= 11 is 0. The van der Waals surface area contributed by atoms with E-state index in [-0.39, 0.29) is 5.89 Å². The van der Waals surface area contributed by atoms with Gasteiger partial charge in [0.05, 0.1) is 0 Å². The second kappa shape index (κ2) is 8.34. The smallest absolute Gasteiger partial charge is 0.437 e. The molecule has 0 fully saturated rings. The van der Waals surface area contributed by atoms with Crippen molar-refractivity contribution in [2.24, 2.45) is 0 Å². The van der Waals surface area contributed by atoms with Gasteiger partial charge < -0.3 is 14.5 Å². The van der Waals surface area contributed by atoms with Crippen molar-refractivity contribution in [2.45, 2.75) is 20.4 Å². The van der Waals surface area contributed by atoms with Crippen LogP contribution < -0.4 is 11.1 Å². The molecule has 0 aliphatic carbocycles. The maximum atomic E-state index is 12.0. The molecule has 0 spiro atoms. The second-order valence-corrected chi connectivity index (χ2v) is 6.17. The summed E-state index contributed by atoms with van der Waals surface area (Å²) in [4.78, 5) is 35.8. The predicted molar refractivity (Wildman–Crippen MR) is 102 cm³/mol. The van der Waals surface area contributed by atoms with E-state index < -0.39 is 30.8 Å². The number of ether oxygens (including phenoxy) is 1. The Morgan fingerprint density at radius 3 is 2.43 bits per heavy atom. The molecular formula is C20H19N3O5. The van der Waals surface area contributed by atoms with Crippen molar-refractivity contribution >= 4 is 17.6 Å². The SMILES string of the molecule is Cc1cccc(C)c1NC(=O)COC(=O)Cn1nc(-c2ccccc2)oc1=O. The molecule has 0 unspecified atom stereocenters. The summed E-state index contributed by atoms with van der Waals surface area (Å²) < 4.78 is 10.8. The van der Waals surface area contributed by atoms with Crippen LogP contribution in [0.15, 0.2) is 57.7 Å². The molecular weight excluding hydrogens is 362 g/mol. The average Bonchev–Trinajstić information content (AvgIpc) is 3.04. The first-order chi connectivity index (χ1) is 13.4. The molecule has 1 aromatic heterocycles. The summed E-state index contributed by atoms with van der Waals surface area (Å²) in [6.07, 6.45) is 0. The molecule has 2 aromatic carbocycles. The van der Waals surface area contributed by atoms with Crippen LogP contribution in [0.2, 0.25) is 0 Å². The summed E-state index contributed by atoms with van der Waals surface area (Å²) in [5.74, 6) is -1.92. The summed E-state index contributed by atoms with van der Waals surface area (Å²) in [6, 6.07) is 14.5. The third-order valence-corrected chi connectivity index (χ3v) is 4.02. The zero-order valence-electron chi connectivity index (χ0n) is 15.5. The molecule has 1 amide bonds. The lowest BCUT2D eigenvalue weighted by Crippen LogP contribution is -2.26. The summed E-state index contributed by atoms with van der Waals surface area (Å²) in [7, 11) is 0. The van der Waals surface area contributed by atoms with Gasteiger partial charge in [-0.05, 0) is 37.1 Å². The number of benzene rings is 2. The van der Waals surface area contributed by atoms with E-state index >= 15 is 0 Å². The van der Waals surface area contributed by atoms with E-state index in [1.165, 1.54) is 0 Å². The molecule has 0 bridgehead atoms. The van der Waals surface area contributed by atoms with E-state index in [2.05, 4.69) is 10.4 Å². The molecule has 1 N–H and O–H groups in total. The van der Waals surface area contributed by atoms with Gasteiger partial charge in [0.2, 0.25) is 5.89 Å². The van der Waals surface area contributed by atoms with Crippen molar-refractivity contribution in [1.82, 2.24) is 9.78 Å². The quantitative estimate of drug-likeness (QED) is 0.657. The maximum absolute atomic E-state index is 12.0. The van der Waals surface area contributed by atoms with Crippen LogP contribution in [0.5, 0.6) is 0 Å². The molecule has 0 atom stereocenters. The number of rotatable bonds is 6. The monoisotopic (exact) mass is 381 g/mol. The molecule has 0 aliphatic heterocycles. The number of carbonyl (C=O) groups excluding carboxylic acids is 2. The van der Waals surface area contributed by atoms with Crippen LogP contribution in [-0.4, -0.2) is 28.3 Å². The zero-order valence-corrected chi connectivity index (χ0v) is 15.5. The van der Waals surface area contributed by atoms with E-state index in [1.54, 1.807) is 24.3 Å². The van der Waals surface area contributed by atoms with Crippen LogP contribution in [0.4, 0.5) is 5.69 Å². The van der Waals surface area contributed by atoms with E-state index in [0.717, 1.165) is 15.8 Å². The third kappa shape index (κ3) is 4.53. The van der Waals surface area contributed by atoms with Crippen molar-refractivity contribution in [3.05, 3.63) is 70.2 Å². The molecule has 3 aromatic rings. The molecule has 8 nitrogen and oxygen atoms in total. The van der Waals surface area contributed by atoms with Crippen molar-refractivity contribution in [3.63, 3.8) is 0 Å². The van der Waals surface area contributed by atoms with E-state index in [4.69, 9.17) is 9.15 Å². The van der Waals surface area contributed by atoms with Crippen LogP contribution in [0.3, 0.4) is 0 Å². The predicted octanol–water partition coefficient (Wildman–Crippen LogP) is 2.30. The Balaban J connectivity index is 1.57. The Morgan fingerprint density at radius 2 is 1.75 bits per heavy atom. The van der Waals surface area contributed by atoms with Crippen LogP contribution >= 0.6 is 0 Å². The fraction of sp³-hybridized carbons (Fsp3) is 0.200. The van der Waals surface area contributed by atoms with Gasteiger partial charge in [0.1, 0.15) is 6.54 Å². The van der Waals surface area contributed by atoms with Crippen molar-refractivity contribution in [3.8, 4) is 11.5 Å². The molecule has 8 heteroatoms. The molecule has 0 saturated heterocycles. The lowest BCUT2D eigenvalue weighted by Gasteiger charge is -2.11. The molecule has 0 aliphatic rings. The number of aromatic nitrogens is 2. The average molecular weight is 381 g/mol. The van der Waals surface area contributed by atoms with Crippen molar-refractivity contribution < 1.29 is 18.7 Å². The number of amides is 1. The van der Waals surface area contributed by atoms with Crippen LogP contribution in [0.25, 0.3) is 11.5 Å². The second-order valence-electron chi connectivity index (χ2n) is 6.17. The number of nitrogens with zero attached hydrogens (tertiary/aromatic N) is 2. The number of para-hydroxylation sites is 1. The minimum absolute atomic E-state index is 0.103. The van der Waals surface area contributed by atoms with Gasteiger partial charge in [-0.3, -0.25) is 9.59 Å². The molecule has 0 saturated carbocycles. The minimum atomic E-state index is -0.782. The number of hydrogen-bond acceptors (Lipinski definition) is 6. The third-order valence-electron chi connectivity index (χ3n) is 4.02.